The van der Waals surface area contributed by atoms with Gasteiger partial charge < -0.3 is 10.2 Å². The summed E-state index contributed by atoms with van der Waals surface area (Å²) in [5.74, 6) is 1.35. The molecule has 0 atom stereocenters. The number of nitrogens with zero attached hydrogens (tertiary/aromatic N) is 4. The van der Waals surface area contributed by atoms with E-state index in [0.29, 0.717) is 17.7 Å². The van der Waals surface area contributed by atoms with E-state index in [9.17, 15) is 9.18 Å². The Kier molecular flexibility index (Phi) is 7.40. The van der Waals surface area contributed by atoms with Crippen LogP contribution in [0.3, 0.4) is 0 Å². The van der Waals surface area contributed by atoms with Crippen LogP contribution in [0.15, 0.2) is 42.5 Å². The number of hydrogen-bond donors (Lipinski definition) is 1. The Hall–Kier alpha value is -2.51. The molecule has 182 valence electrons. The summed E-state index contributed by atoms with van der Waals surface area (Å²) >= 11 is 0. The predicted molar refractivity (Wildman–Crippen MR) is 132 cm³/mol. The number of likely N-dealkylation sites (tertiary alicyclic amines) is 1. The number of rotatable bonds is 7. The Balaban J connectivity index is 1.11. The second-order valence-corrected chi connectivity index (χ2v) is 10.0. The Bertz CT molecular complexity index is 956. The summed E-state index contributed by atoms with van der Waals surface area (Å²) in [6.45, 7) is 7.89. The van der Waals surface area contributed by atoms with Crippen LogP contribution in [0.25, 0.3) is 0 Å². The molecule has 3 heterocycles. The molecule has 6 nitrogen and oxygen atoms in total. The summed E-state index contributed by atoms with van der Waals surface area (Å²) in [7, 11) is 0. The molecule has 1 aliphatic carbocycles. The number of nitrogens with one attached hydrogen (secondary N) is 1. The van der Waals surface area contributed by atoms with Crippen molar-refractivity contribution in [1.82, 2.24) is 20.1 Å². The van der Waals surface area contributed by atoms with Gasteiger partial charge in [-0.25, -0.2) is 9.37 Å². The molecular weight excluding hydrogens is 429 g/mol. The molecule has 3 fully saturated rings. The zero-order chi connectivity index (χ0) is 23.3. The van der Waals surface area contributed by atoms with Gasteiger partial charge in [0.05, 0.1) is 0 Å². The summed E-state index contributed by atoms with van der Waals surface area (Å²) in [6.07, 6.45) is 5.92. The SMILES string of the molecule is O=C(NCC1CC1)c1cccc(N2CCCN(C3CCN(Cc4ccc(F)cc4)CC3)CC2)n1. The number of carbonyl (C=O) groups excluding carboxylic acids is 1. The number of benzene rings is 1. The minimum absolute atomic E-state index is 0.0578. The first kappa shape index (κ1) is 23.2. The molecule has 0 spiro atoms. The largest absolute Gasteiger partial charge is 0.355 e. The van der Waals surface area contributed by atoms with E-state index >= 15 is 0 Å². The highest BCUT2D eigenvalue weighted by Crippen LogP contribution is 2.27. The van der Waals surface area contributed by atoms with Gasteiger partial charge in [0.1, 0.15) is 17.3 Å². The van der Waals surface area contributed by atoms with Crippen LogP contribution >= 0.6 is 0 Å². The number of carbonyl (C=O) groups is 1. The summed E-state index contributed by atoms with van der Waals surface area (Å²) in [6, 6.07) is 13.3. The molecule has 2 aliphatic heterocycles. The molecule has 2 saturated heterocycles. The van der Waals surface area contributed by atoms with E-state index in [1.54, 1.807) is 12.1 Å². The van der Waals surface area contributed by atoms with Gasteiger partial charge in [0, 0.05) is 45.3 Å². The Labute approximate surface area is 202 Å². The van der Waals surface area contributed by atoms with Crippen LogP contribution in [0.4, 0.5) is 10.2 Å². The summed E-state index contributed by atoms with van der Waals surface area (Å²) in [5, 5.41) is 3.03. The lowest BCUT2D eigenvalue weighted by Crippen LogP contribution is -2.46. The minimum atomic E-state index is -0.170. The Morgan fingerprint density at radius 2 is 1.74 bits per heavy atom. The van der Waals surface area contributed by atoms with Gasteiger partial charge in [0.25, 0.3) is 5.91 Å². The summed E-state index contributed by atoms with van der Waals surface area (Å²) in [5.41, 5.74) is 1.70. The van der Waals surface area contributed by atoms with Gasteiger partial charge in [0.2, 0.25) is 0 Å². The average molecular weight is 466 g/mol. The average Bonchev–Trinajstić information content (AvgIpc) is 3.72. The van der Waals surface area contributed by atoms with Gasteiger partial charge in [-0.1, -0.05) is 18.2 Å². The van der Waals surface area contributed by atoms with Crippen LogP contribution in [-0.4, -0.2) is 72.5 Å². The zero-order valence-corrected chi connectivity index (χ0v) is 20.0. The van der Waals surface area contributed by atoms with Gasteiger partial charge in [-0.3, -0.25) is 14.6 Å². The molecule has 1 aromatic carbocycles. The van der Waals surface area contributed by atoms with E-state index in [4.69, 9.17) is 4.98 Å². The van der Waals surface area contributed by atoms with Crippen molar-refractivity contribution in [3.8, 4) is 0 Å². The Morgan fingerprint density at radius 3 is 2.50 bits per heavy atom. The number of halogens is 1. The maximum atomic E-state index is 13.2. The smallest absolute Gasteiger partial charge is 0.269 e. The van der Waals surface area contributed by atoms with Crippen LogP contribution in [0, 0.1) is 11.7 Å². The van der Waals surface area contributed by atoms with Crippen molar-refractivity contribution in [3.63, 3.8) is 0 Å². The standard InChI is InChI=1S/C27H36FN5O/c28-23-9-7-22(8-10-23)20-31-15-11-24(12-16-31)32-13-2-14-33(18-17-32)26-4-1-3-25(30-26)27(34)29-19-21-5-6-21/h1,3-4,7-10,21,24H,2,5-6,11-20H2,(H,29,34). The third-order valence-corrected chi connectivity index (χ3v) is 7.46. The molecule has 34 heavy (non-hydrogen) atoms. The number of pyridine rings is 1. The van der Waals surface area contributed by atoms with Crippen molar-refractivity contribution in [1.29, 1.82) is 0 Å². The van der Waals surface area contributed by atoms with Crippen molar-refractivity contribution in [2.75, 3.05) is 50.7 Å². The normalized spacial score (nSPS) is 20.8. The fourth-order valence-corrected chi connectivity index (χ4v) is 5.20. The fourth-order valence-electron chi connectivity index (χ4n) is 5.20. The molecule has 1 aromatic heterocycles. The molecular formula is C27H36FN5O. The topological polar surface area (TPSA) is 51.7 Å². The second-order valence-electron chi connectivity index (χ2n) is 10.0. The van der Waals surface area contributed by atoms with Gasteiger partial charge in [-0.2, -0.15) is 0 Å². The van der Waals surface area contributed by atoms with Crippen LogP contribution in [0.5, 0.6) is 0 Å². The van der Waals surface area contributed by atoms with E-state index in [0.717, 1.165) is 64.6 Å². The van der Waals surface area contributed by atoms with Crippen LogP contribution < -0.4 is 10.2 Å². The van der Waals surface area contributed by atoms with E-state index in [2.05, 4.69) is 20.0 Å². The highest BCUT2D eigenvalue weighted by Gasteiger charge is 2.27. The first-order chi connectivity index (χ1) is 16.6. The number of anilines is 1. The molecule has 0 bridgehead atoms. The van der Waals surface area contributed by atoms with E-state index in [1.165, 1.54) is 31.2 Å². The van der Waals surface area contributed by atoms with Gasteiger partial charge in [-0.15, -0.1) is 0 Å². The molecule has 0 unspecified atom stereocenters. The van der Waals surface area contributed by atoms with E-state index in [1.807, 2.05) is 30.3 Å². The second kappa shape index (κ2) is 10.8. The van der Waals surface area contributed by atoms with Gasteiger partial charge in [-0.05, 0) is 80.9 Å². The molecule has 5 rings (SSSR count). The number of aromatic nitrogens is 1. The lowest BCUT2D eigenvalue weighted by molar-refractivity contribution is 0.0947. The van der Waals surface area contributed by atoms with Crippen LogP contribution in [0.2, 0.25) is 0 Å². The molecule has 0 radical (unpaired) electrons. The third kappa shape index (κ3) is 6.13. The van der Waals surface area contributed by atoms with E-state index in [-0.39, 0.29) is 11.7 Å². The maximum absolute atomic E-state index is 13.2. The third-order valence-electron chi connectivity index (χ3n) is 7.46. The van der Waals surface area contributed by atoms with Crippen molar-refractivity contribution in [2.45, 2.75) is 44.7 Å². The van der Waals surface area contributed by atoms with Crippen molar-refractivity contribution >= 4 is 11.7 Å². The van der Waals surface area contributed by atoms with Crippen LogP contribution in [-0.2, 0) is 6.54 Å². The van der Waals surface area contributed by atoms with Gasteiger partial charge in [0.15, 0.2) is 0 Å². The fraction of sp³-hybridized carbons (Fsp3) is 0.556. The van der Waals surface area contributed by atoms with Crippen LogP contribution in [0.1, 0.15) is 48.2 Å². The number of piperidine rings is 1. The Morgan fingerprint density at radius 1 is 0.941 bits per heavy atom. The zero-order valence-electron chi connectivity index (χ0n) is 20.0. The highest BCUT2D eigenvalue weighted by molar-refractivity contribution is 5.92. The first-order valence-corrected chi connectivity index (χ1v) is 12.8. The lowest BCUT2D eigenvalue weighted by Gasteiger charge is -2.38. The van der Waals surface area contributed by atoms with Crippen molar-refractivity contribution in [2.24, 2.45) is 5.92 Å². The molecule has 7 heteroatoms. The molecule has 1 N–H and O–H groups in total. The monoisotopic (exact) mass is 465 g/mol. The molecule has 2 aromatic rings. The molecule has 1 amide bonds. The quantitative estimate of drug-likeness (QED) is 0.678. The lowest BCUT2D eigenvalue weighted by atomic mass is 10.0. The summed E-state index contributed by atoms with van der Waals surface area (Å²) < 4.78 is 13.2. The van der Waals surface area contributed by atoms with Crippen molar-refractivity contribution < 1.29 is 9.18 Å². The molecule has 1 saturated carbocycles. The van der Waals surface area contributed by atoms with Gasteiger partial charge >= 0.3 is 0 Å². The number of hydrogen-bond acceptors (Lipinski definition) is 5. The minimum Gasteiger partial charge on any atom is -0.355 e. The summed E-state index contributed by atoms with van der Waals surface area (Å²) in [4.78, 5) is 24.6. The number of amides is 1. The van der Waals surface area contributed by atoms with Crippen molar-refractivity contribution in [3.05, 3.63) is 59.5 Å². The highest BCUT2D eigenvalue weighted by atomic mass is 19.1. The first-order valence-electron chi connectivity index (χ1n) is 12.8. The van der Waals surface area contributed by atoms with E-state index < -0.39 is 0 Å². The predicted octanol–water partition coefficient (Wildman–Crippen LogP) is 3.54. The maximum Gasteiger partial charge on any atom is 0.269 e. The molecule has 3 aliphatic rings.